The SMILES string of the molecule is Cc1noc(CCC(=O)NC(CO)Cc2ccccc2)n1. The summed E-state index contributed by atoms with van der Waals surface area (Å²) in [7, 11) is 0. The summed E-state index contributed by atoms with van der Waals surface area (Å²) in [6.07, 6.45) is 1.26. The summed E-state index contributed by atoms with van der Waals surface area (Å²) in [5.74, 6) is 0.870. The Balaban J connectivity index is 1.79. The standard InChI is InChI=1S/C15H19N3O3/c1-11-16-15(21-18-11)8-7-14(20)17-13(10-19)9-12-5-3-2-4-6-12/h2-6,13,19H,7-10H2,1H3,(H,17,20). The Hall–Kier alpha value is -2.21. The molecule has 0 radical (unpaired) electrons. The summed E-state index contributed by atoms with van der Waals surface area (Å²) in [5.41, 5.74) is 1.07. The predicted octanol–water partition coefficient (Wildman–Crippen LogP) is 1.03. The smallest absolute Gasteiger partial charge is 0.227 e. The highest BCUT2D eigenvalue weighted by Gasteiger charge is 2.13. The minimum Gasteiger partial charge on any atom is -0.394 e. The minimum atomic E-state index is -0.288. The van der Waals surface area contributed by atoms with Crippen molar-refractivity contribution < 1.29 is 14.4 Å². The molecule has 6 heteroatoms. The molecule has 1 aromatic heterocycles. The summed E-state index contributed by atoms with van der Waals surface area (Å²) < 4.78 is 4.95. The van der Waals surface area contributed by atoms with Crippen molar-refractivity contribution in [3.8, 4) is 0 Å². The zero-order valence-electron chi connectivity index (χ0n) is 12.0. The number of hydrogen-bond donors (Lipinski definition) is 2. The van der Waals surface area contributed by atoms with E-state index in [9.17, 15) is 9.90 Å². The molecule has 21 heavy (non-hydrogen) atoms. The van der Waals surface area contributed by atoms with E-state index in [-0.39, 0.29) is 25.0 Å². The second-order valence-electron chi connectivity index (χ2n) is 4.87. The molecule has 2 aromatic rings. The Morgan fingerprint density at radius 3 is 2.76 bits per heavy atom. The van der Waals surface area contributed by atoms with Gasteiger partial charge in [-0.15, -0.1) is 0 Å². The van der Waals surface area contributed by atoms with Gasteiger partial charge in [-0.3, -0.25) is 4.79 Å². The molecular weight excluding hydrogens is 270 g/mol. The van der Waals surface area contributed by atoms with E-state index in [1.165, 1.54) is 0 Å². The molecule has 112 valence electrons. The fraction of sp³-hybridized carbons (Fsp3) is 0.400. The van der Waals surface area contributed by atoms with Crippen molar-refractivity contribution in [1.82, 2.24) is 15.5 Å². The highest BCUT2D eigenvalue weighted by atomic mass is 16.5. The lowest BCUT2D eigenvalue weighted by molar-refractivity contribution is -0.122. The summed E-state index contributed by atoms with van der Waals surface area (Å²) in [6, 6.07) is 9.45. The quantitative estimate of drug-likeness (QED) is 0.795. The minimum absolute atomic E-state index is 0.0969. The highest BCUT2D eigenvalue weighted by Crippen LogP contribution is 2.04. The Morgan fingerprint density at radius 2 is 2.14 bits per heavy atom. The number of hydrogen-bond acceptors (Lipinski definition) is 5. The predicted molar refractivity (Wildman–Crippen MR) is 76.5 cm³/mol. The van der Waals surface area contributed by atoms with Crippen molar-refractivity contribution in [2.75, 3.05) is 6.61 Å². The van der Waals surface area contributed by atoms with Crippen LogP contribution >= 0.6 is 0 Å². The number of carbonyl (C=O) groups excluding carboxylic acids is 1. The molecule has 1 atom stereocenters. The average Bonchev–Trinajstić information content (AvgIpc) is 2.91. The van der Waals surface area contributed by atoms with Crippen molar-refractivity contribution >= 4 is 5.91 Å². The molecule has 1 unspecified atom stereocenters. The van der Waals surface area contributed by atoms with Gasteiger partial charge in [0.2, 0.25) is 11.8 Å². The Morgan fingerprint density at radius 1 is 1.38 bits per heavy atom. The van der Waals surface area contributed by atoms with Crippen molar-refractivity contribution in [3.63, 3.8) is 0 Å². The molecular formula is C15H19N3O3. The number of aliphatic hydroxyl groups is 1. The van der Waals surface area contributed by atoms with Crippen molar-refractivity contribution in [3.05, 3.63) is 47.6 Å². The largest absolute Gasteiger partial charge is 0.394 e. The van der Waals surface area contributed by atoms with Gasteiger partial charge in [0.1, 0.15) is 0 Å². The van der Waals surface area contributed by atoms with E-state index in [1.54, 1.807) is 6.92 Å². The Kier molecular flexibility index (Phi) is 5.45. The number of aryl methyl sites for hydroxylation is 2. The molecule has 0 spiro atoms. The van der Waals surface area contributed by atoms with Crippen molar-refractivity contribution in [1.29, 1.82) is 0 Å². The molecule has 1 amide bonds. The summed E-state index contributed by atoms with van der Waals surface area (Å²) >= 11 is 0. The van der Waals surface area contributed by atoms with Crippen LogP contribution < -0.4 is 5.32 Å². The topological polar surface area (TPSA) is 88.2 Å². The number of aliphatic hydroxyl groups excluding tert-OH is 1. The molecule has 0 bridgehead atoms. The Labute approximate surface area is 123 Å². The molecule has 1 aromatic carbocycles. The molecule has 0 saturated heterocycles. The van der Waals surface area contributed by atoms with E-state index in [0.717, 1.165) is 5.56 Å². The van der Waals surface area contributed by atoms with E-state index in [2.05, 4.69) is 15.5 Å². The normalized spacial score (nSPS) is 12.1. The van der Waals surface area contributed by atoms with Gasteiger partial charge in [0, 0.05) is 12.8 Å². The summed E-state index contributed by atoms with van der Waals surface area (Å²) in [5, 5.41) is 15.9. The number of benzene rings is 1. The number of carbonyl (C=O) groups is 1. The fourth-order valence-corrected chi connectivity index (χ4v) is 2.02. The number of aromatic nitrogens is 2. The first-order valence-electron chi connectivity index (χ1n) is 6.90. The Bertz CT molecular complexity index is 569. The van der Waals surface area contributed by atoms with Gasteiger partial charge < -0.3 is 14.9 Å². The lowest BCUT2D eigenvalue weighted by Crippen LogP contribution is -2.39. The van der Waals surface area contributed by atoms with E-state index in [1.807, 2.05) is 30.3 Å². The average molecular weight is 289 g/mol. The highest BCUT2D eigenvalue weighted by molar-refractivity contribution is 5.76. The van der Waals surface area contributed by atoms with Gasteiger partial charge in [-0.05, 0) is 18.9 Å². The van der Waals surface area contributed by atoms with Crippen LogP contribution in [0.3, 0.4) is 0 Å². The van der Waals surface area contributed by atoms with Crippen LogP contribution in [0.5, 0.6) is 0 Å². The second-order valence-corrected chi connectivity index (χ2v) is 4.87. The van der Waals surface area contributed by atoms with Gasteiger partial charge >= 0.3 is 0 Å². The number of nitrogens with zero attached hydrogens (tertiary/aromatic N) is 2. The monoisotopic (exact) mass is 289 g/mol. The van der Waals surface area contributed by atoms with Gasteiger partial charge in [-0.2, -0.15) is 4.98 Å². The third-order valence-corrected chi connectivity index (χ3v) is 3.05. The van der Waals surface area contributed by atoms with Crippen LogP contribution in [0.15, 0.2) is 34.9 Å². The lowest BCUT2D eigenvalue weighted by atomic mass is 10.1. The molecule has 0 aliphatic heterocycles. The zero-order valence-corrected chi connectivity index (χ0v) is 12.0. The van der Waals surface area contributed by atoms with Gasteiger partial charge in [0.05, 0.1) is 12.6 Å². The van der Waals surface area contributed by atoms with E-state index < -0.39 is 0 Å². The lowest BCUT2D eigenvalue weighted by Gasteiger charge is -2.16. The van der Waals surface area contributed by atoms with Crippen molar-refractivity contribution in [2.45, 2.75) is 32.2 Å². The van der Waals surface area contributed by atoms with E-state index >= 15 is 0 Å². The number of nitrogens with one attached hydrogen (secondary N) is 1. The molecule has 6 nitrogen and oxygen atoms in total. The van der Waals surface area contributed by atoms with E-state index in [4.69, 9.17) is 4.52 Å². The summed E-state index contributed by atoms with van der Waals surface area (Å²) in [4.78, 5) is 15.9. The van der Waals surface area contributed by atoms with Gasteiger partial charge in [-0.25, -0.2) is 0 Å². The van der Waals surface area contributed by atoms with Crippen LogP contribution in [-0.2, 0) is 17.6 Å². The first-order chi connectivity index (χ1) is 10.2. The van der Waals surface area contributed by atoms with Crippen LogP contribution in [0.4, 0.5) is 0 Å². The van der Waals surface area contributed by atoms with Crippen molar-refractivity contribution in [2.24, 2.45) is 0 Å². The number of amides is 1. The third-order valence-electron chi connectivity index (χ3n) is 3.05. The summed E-state index contributed by atoms with van der Waals surface area (Å²) in [6.45, 7) is 1.63. The number of rotatable bonds is 7. The molecule has 2 N–H and O–H groups in total. The maximum atomic E-state index is 11.9. The zero-order chi connectivity index (χ0) is 15.1. The molecule has 0 fully saturated rings. The molecule has 2 rings (SSSR count). The van der Waals surface area contributed by atoms with Crippen LogP contribution in [-0.4, -0.2) is 33.8 Å². The van der Waals surface area contributed by atoms with Crippen LogP contribution in [0.2, 0.25) is 0 Å². The molecule has 0 aliphatic rings. The first-order valence-corrected chi connectivity index (χ1v) is 6.90. The van der Waals surface area contributed by atoms with Crippen LogP contribution in [0.1, 0.15) is 23.7 Å². The molecule has 0 aliphatic carbocycles. The maximum Gasteiger partial charge on any atom is 0.227 e. The van der Waals surface area contributed by atoms with Crippen LogP contribution in [0.25, 0.3) is 0 Å². The maximum absolute atomic E-state index is 11.9. The fourth-order valence-electron chi connectivity index (χ4n) is 2.02. The first kappa shape index (κ1) is 15.2. The third kappa shape index (κ3) is 5.00. The second kappa shape index (κ2) is 7.54. The van der Waals surface area contributed by atoms with Gasteiger partial charge in [0.25, 0.3) is 0 Å². The van der Waals surface area contributed by atoms with Gasteiger partial charge in [0.15, 0.2) is 5.82 Å². The molecule has 0 saturated carbocycles. The van der Waals surface area contributed by atoms with Gasteiger partial charge in [-0.1, -0.05) is 35.5 Å². The van der Waals surface area contributed by atoms with E-state index in [0.29, 0.717) is 24.6 Å². The van der Waals surface area contributed by atoms with Crippen LogP contribution in [0, 0.1) is 6.92 Å². The molecule has 1 heterocycles.